The number of halogens is 4. The van der Waals surface area contributed by atoms with Crippen LogP contribution in [0.15, 0.2) is 46.0 Å². The van der Waals surface area contributed by atoms with E-state index in [1.54, 1.807) is 6.07 Å². The highest BCUT2D eigenvalue weighted by Gasteiger charge is 2.30. The lowest BCUT2D eigenvalue weighted by Crippen LogP contribution is -2.15. The largest absolute Gasteiger partial charge is 0.416 e. The molecule has 0 bridgehead atoms. The highest BCUT2D eigenvalue weighted by Crippen LogP contribution is 2.40. The molecule has 1 N–H and O–H groups in total. The summed E-state index contributed by atoms with van der Waals surface area (Å²) in [6, 6.07) is 7.35. The SMILES string of the molecule is O=c1[nH]sc2c1c(=O)c1cc(F)c(C=Cc3ccc(C(F)(F)F)cc3)cc1n2C1CC1. The van der Waals surface area contributed by atoms with E-state index in [0.29, 0.717) is 15.9 Å². The Kier molecular flexibility index (Phi) is 4.40. The first-order valence-corrected chi connectivity index (χ1v) is 10.3. The Morgan fingerprint density at radius 2 is 1.77 bits per heavy atom. The number of aromatic amines is 1. The van der Waals surface area contributed by atoms with E-state index in [-0.39, 0.29) is 22.4 Å². The van der Waals surface area contributed by atoms with E-state index >= 15 is 0 Å². The minimum absolute atomic E-state index is 0.0387. The fourth-order valence-electron chi connectivity index (χ4n) is 3.66. The highest BCUT2D eigenvalue weighted by atomic mass is 32.1. The topological polar surface area (TPSA) is 54.9 Å². The molecule has 1 saturated carbocycles. The second-order valence-electron chi connectivity index (χ2n) is 7.49. The van der Waals surface area contributed by atoms with Crippen molar-refractivity contribution in [2.75, 3.05) is 0 Å². The summed E-state index contributed by atoms with van der Waals surface area (Å²) in [4.78, 5) is 25.5. The minimum Gasteiger partial charge on any atom is -0.328 e. The van der Waals surface area contributed by atoms with Gasteiger partial charge in [-0.2, -0.15) is 13.2 Å². The van der Waals surface area contributed by atoms with E-state index in [1.807, 2.05) is 4.57 Å². The van der Waals surface area contributed by atoms with Gasteiger partial charge in [0.15, 0.2) is 0 Å². The Morgan fingerprint density at radius 3 is 2.42 bits per heavy atom. The molecule has 4 aromatic rings. The van der Waals surface area contributed by atoms with Gasteiger partial charge in [-0.1, -0.05) is 24.3 Å². The molecular weight excluding hydrogens is 432 g/mol. The highest BCUT2D eigenvalue weighted by molar-refractivity contribution is 7.12. The number of hydrogen-bond acceptors (Lipinski definition) is 3. The van der Waals surface area contributed by atoms with Crippen LogP contribution in [-0.2, 0) is 6.18 Å². The molecular formula is C22H14F4N2O2S. The number of H-pyrrole nitrogens is 1. The van der Waals surface area contributed by atoms with Gasteiger partial charge in [0, 0.05) is 17.0 Å². The van der Waals surface area contributed by atoms with Crippen LogP contribution in [0.2, 0.25) is 0 Å². The monoisotopic (exact) mass is 446 g/mol. The van der Waals surface area contributed by atoms with Gasteiger partial charge >= 0.3 is 6.18 Å². The molecule has 2 heterocycles. The predicted molar refractivity (Wildman–Crippen MR) is 113 cm³/mol. The van der Waals surface area contributed by atoms with E-state index in [0.717, 1.165) is 42.6 Å². The zero-order valence-corrected chi connectivity index (χ0v) is 16.6. The van der Waals surface area contributed by atoms with Gasteiger partial charge in [-0.25, -0.2) is 4.39 Å². The Labute approximate surface area is 176 Å². The van der Waals surface area contributed by atoms with Gasteiger partial charge in [0.25, 0.3) is 5.56 Å². The van der Waals surface area contributed by atoms with E-state index < -0.39 is 28.5 Å². The first-order valence-electron chi connectivity index (χ1n) is 9.48. The van der Waals surface area contributed by atoms with Crippen molar-refractivity contribution in [3.63, 3.8) is 0 Å². The smallest absolute Gasteiger partial charge is 0.328 e. The van der Waals surface area contributed by atoms with Crippen molar-refractivity contribution >= 4 is 44.8 Å². The van der Waals surface area contributed by atoms with E-state index in [9.17, 15) is 27.2 Å². The third-order valence-corrected chi connectivity index (χ3v) is 6.23. The molecule has 5 rings (SSSR count). The molecule has 0 aliphatic heterocycles. The van der Waals surface area contributed by atoms with Crippen molar-refractivity contribution < 1.29 is 17.6 Å². The fourth-order valence-corrected chi connectivity index (χ4v) is 4.58. The normalized spacial score (nSPS) is 14.8. The summed E-state index contributed by atoms with van der Waals surface area (Å²) in [6.45, 7) is 0. The van der Waals surface area contributed by atoms with E-state index in [4.69, 9.17) is 0 Å². The van der Waals surface area contributed by atoms with E-state index in [1.165, 1.54) is 24.3 Å². The summed E-state index contributed by atoms with van der Waals surface area (Å²) in [5, 5.41) is 0.171. The van der Waals surface area contributed by atoms with Crippen LogP contribution in [0.5, 0.6) is 0 Å². The molecule has 158 valence electrons. The molecule has 1 aliphatic rings. The van der Waals surface area contributed by atoms with Gasteiger partial charge < -0.3 is 4.57 Å². The molecule has 0 saturated heterocycles. The molecule has 1 aliphatic carbocycles. The zero-order chi connectivity index (χ0) is 21.9. The summed E-state index contributed by atoms with van der Waals surface area (Å²) in [7, 11) is 0. The lowest BCUT2D eigenvalue weighted by atomic mass is 10.1. The number of hydrogen-bond donors (Lipinski definition) is 1. The molecule has 0 unspecified atom stereocenters. The molecule has 31 heavy (non-hydrogen) atoms. The van der Waals surface area contributed by atoms with Crippen LogP contribution in [0.25, 0.3) is 33.3 Å². The van der Waals surface area contributed by atoms with Crippen LogP contribution in [0.3, 0.4) is 0 Å². The van der Waals surface area contributed by atoms with Crippen molar-refractivity contribution in [1.82, 2.24) is 8.94 Å². The second kappa shape index (κ2) is 6.91. The van der Waals surface area contributed by atoms with Crippen molar-refractivity contribution in [3.05, 3.63) is 79.5 Å². The number of nitrogens with zero attached hydrogens (tertiary/aromatic N) is 1. The van der Waals surface area contributed by atoms with Crippen LogP contribution in [0, 0.1) is 5.82 Å². The zero-order valence-electron chi connectivity index (χ0n) is 15.8. The fraction of sp³-hybridized carbons (Fsp3) is 0.182. The quantitative estimate of drug-likeness (QED) is 0.331. The van der Waals surface area contributed by atoms with Crippen molar-refractivity contribution in [2.24, 2.45) is 0 Å². The van der Waals surface area contributed by atoms with Crippen LogP contribution in [0.4, 0.5) is 17.6 Å². The maximum absolute atomic E-state index is 14.8. The second-order valence-corrected chi connectivity index (χ2v) is 8.28. The summed E-state index contributed by atoms with van der Waals surface area (Å²) >= 11 is 1.08. The first-order chi connectivity index (χ1) is 14.7. The number of aromatic nitrogens is 2. The predicted octanol–water partition coefficient (Wildman–Crippen LogP) is 5.57. The van der Waals surface area contributed by atoms with Gasteiger partial charge in [0.1, 0.15) is 16.0 Å². The van der Waals surface area contributed by atoms with E-state index in [2.05, 4.69) is 4.37 Å². The van der Waals surface area contributed by atoms with Crippen LogP contribution in [0.1, 0.15) is 35.6 Å². The average molecular weight is 446 g/mol. The van der Waals surface area contributed by atoms with Crippen LogP contribution >= 0.6 is 11.5 Å². The maximum Gasteiger partial charge on any atom is 0.416 e. The molecule has 2 aromatic heterocycles. The van der Waals surface area contributed by atoms with Crippen LogP contribution in [-0.4, -0.2) is 8.94 Å². The molecule has 0 radical (unpaired) electrons. The third-order valence-electron chi connectivity index (χ3n) is 5.35. The van der Waals surface area contributed by atoms with Gasteiger partial charge in [0.05, 0.1) is 11.1 Å². The molecule has 4 nitrogen and oxygen atoms in total. The standard InChI is InChI=1S/C22H14F4N2O2S/c23-16-10-15-17(28(14-7-8-14)21-18(19(15)29)20(30)27-31-21)9-12(16)4-1-11-2-5-13(6-3-11)22(24,25)26/h1-6,9-10,14H,7-8H2,(H,27,30). The molecule has 0 atom stereocenters. The number of rotatable bonds is 3. The van der Waals surface area contributed by atoms with Gasteiger partial charge in [0.2, 0.25) is 5.43 Å². The Balaban J connectivity index is 1.63. The van der Waals surface area contributed by atoms with Gasteiger partial charge in [-0.05, 0) is 54.2 Å². The lowest BCUT2D eigenvalue weighted by molar-refractivity contribution is -0.137. The number of fused-ring (bicyclic) bond motifs is 2. The summed E-state index contributed by atoms with van der Waals surface area (Å²) in [5.74, 6) is -0.652. The average Bonchev–Trinajstić information content (AvgIpc) is 3.49. The Morgan fingerprint density at radius 1 is 1.06 bits per heavy atom. The number of alkyl halides is 3. The molecule has 9 heteroatoms. The van der Waals surface area contributed by atoms with Crippen molar-refractivity contribution in [3.8, 4) is 0 Å². The van der Waals surface area contributed by atoms with Gasteiger partial charge in [-0.3, -0.25) is 14.0 Å². The van der Waals surface area contributed by atoms with Gasteiger partial charge in [-0.15, -0.1) is 0 Å². The van der Waals surface area contributed by atoms with Crippen molar-refractivity contribution in [2.45, 2.75) is 25.1 Å². The number of nitrogens with one attached hydrogen (secondary N) is 1. The lowest BCUT2D eigenvalue weighted by Gasteiger charge is -2.12. The molecule has 0 spiro atoms. The number of pyridine rings is 1. The molecule has 1 fully saturated rings. The molecule has 2 aromatic carbocycles. The van der Waals surface area contributed by atoms with Crippen LogP contribution < -0.4 is 11.0 Å². The minimum atomic E-state index is -4.42. The van der Waals surface area contributed by atoms with Crippen molar-refractivity contribution in [1.29, 1.82) is 0 Å². The Hall–Kier alpha value is -3.20. The maximum atomic E-state index is 14.8. The summed E-state index contributed by atoms with van der Waals surface area (Å²) in [5.41, 5.74) is -0.544. The Bertz CT molecular complexity index is 1470. The first kappa shape index (κ1) is 19.7. The summed E-state index contributed by atoms with van der Waals surface area (Å²) < 4.78 is 57.4. The summed E-state index contributed by atoms with van der Waals surface area (Å²) in [6.07, 6.45) is 0.342. The number of benzene rings is 2. The molecule has 0 amide bonds. The third kappa shape index (κ3) is 3.38.